The first-order valence-electron chi connectivity index (χ1n) is 14.1. The third kappa shape index (κ3) is 25.6. The second kappa shape index (κ2) is 25.8. The molecule has 0 fully saturated rings. The van der Waals surface area contributed by atoms with Crippen LogP contribution in [0.1, 0.15) is 94.1 Å². The van der Waals surface area contributed by atoms with Gasteiger partial charge >= 0.3 is 6.18 Å². The molecular formula is C31H56F3N3O2. The highest BCUT2D eigenvalue weighted by molar-refractivity contribution is 5.78. The number of nitrogens with one attached hydrogen (secondary N) is 3. The fourth-order valence-corrected chi connectivity index (χ4v) is 3.09. The van der Waals surface area contributed by atoms with Crippen LogP contribution in [0, 0.1) is 5.92 Å². The Morgan fingerprint density at radius 1 is 1.10 bits per heavy atom. The highest BCUT2D eigenvalue weighted by Gasteiger charge is 2.17. The van der Waals surface area contributed by atoms with Gasteiger partial charge in [-0.1, -0.05) is 78.3 Å². The Morgan fingerprint density at radius 2 is 1.64 bits per heavy atom. The van der Waals surface area contributed by atoms with Crippen LogP contribution in [0.4, 0.5) is 13.2 Å². The number of benzene rings is 1. The largest absolute Gasteiger partial charge is 0.496 e. The van der Waals surface area contributed by atoms with Gasteiger partial charge in [-0.25, -0.2) is 0 Å². The van der Waals surface area contributed by atoms with E-state index in [-0.39, 0.29) is 18.7 Å². The van der Waals surface area contributed by atoms with Gasteiger partial charge in [-0.05, 0) is 45.3 Å². The van der Waals surface area contributed by atoms with E-state index < -0.39 is 6.18 Å². The molecule has 8 heteroatoms. The molecule has 0 saturated heterocycles. The molecule has 2 atom stereocenters. The summed E-state index contributed by atoms with van der Waals surface area (Å²) in [6.07, 6.45) is 3.37. The maximum Gasteiger partial charge on any atom is 0.386 e. The van der Waals surface area contributed by atoms with Crippen molar-refractivity contribution in [3.63, 3.8) is 0 Å². The molecule has 3 N–H and O–H groups in total. The Balaban J connectivity index is -0.000000585. The summed E-state index contributed by atoms with van der Waals surface area (Å²) < 4.78 is 36.4. The first-order chi connectivity index (χ1) is 18.3. The van der Waals surface area contributed by atoms with Crippen LogP contribution >= 0.6 is 0 Å². The molecule has 1 aliphatic rings. The summed E-state index contributed by atoms with van der Waals surface area (Å²) in [5, 5.41) is 9.63. The number of hydrogen-bond acceptors (Lipinski definition) is 4. The molecule has 1 aromatic rings. The van der Waals surface area contributed by atoms with Crippen LogP contribution in [0.5, 0.6) is 5.75 Å². The lowest BCUT2D eigenvalue weighted by atomic mass is 9.99. The zero-order chi connectivity index (χ0) is 30.9. The number of dihydropyridines is 1. The summed E-state index contributed by atoms with van der Waals surface area (Å²) in [7, 11) is 1.69. The molecular weight excluding hydrogens is 503 g/mol. The van der Waals surface area contributed by atoms with Crippen LogP contribution in [0.3, 0.4) is 0 Å². The van der Waals surface area contributed by atoms with Crippen molar-refractivity contribution in [1.29, 1.82) is 0 Å². The number of ether oxygens (including phenoxy) is 1. The van der Waals surface area contributed by atoms with Crippen molar-refractivity contribution in [2.24, 2.45) is 5.92 Å². The van der Waals surface area contributed by atoms with Crippen LogP contribution in [0.15, 0.2) is 47.7 Å². The summed E-state index contributed by atoms with van der Waals surface area (Å²) in [5.41, 5.74) is 3.79. The number of carbonyl (C=O) groups excluding carboxylic acids is 1. The van der Waals surface area contributed by atoms with E-state index in [1.54, 1.807) is 7.11 Å². The minimum absolute atomic E-state index is 0.0278. The first kappa shape index (κ1) is 41.0. The van der Waals surface area contributed by atoms with Gasteiger partial charge in [-0.15, -0.1) is 0 Å². The van der Waals surface area contributed by atoms with E-state index in [1.165, 1.54) is 17.7 Å². The summed E-state index contributed by atoms with van der Waals surface area (Å²) >= 11 is 0. The fourth-order valence-electron chi connectivity index (χ4n) is 3.09. The average Bonchev–Trinajstić information content (AvgIpc) is 2.89. The van der Waals surface area contributed by atoms with Crippen molar-refractivity contribution in [3.8, 4) is 5.75 Å². The molecule has 0 aromatic heterocycles. The molecule has 0 aliphatic carbocycles. The molecule has 1 amide bonds. The SMILES string of the molecule is CC.CC(F)(F)F.CC1=C(C)NCC=C1.CCC.CCNC(=O)[C@@H](C)C[C@@H](CC)NCc1ccccc1OC. The number of halogens is 3. The smallest absolute Gasteiger partial charge is 0.386 e. The predicted molar refractivity (Wildman–Crippen MR) is 161 cm³/mol. The molecule has 1 aromatic carbocycles. The van der Waals surface area contributed by atoms with Crippen molar-refractivity contribution in [3.05, 3.63) is 53.3 Å². The minimum atomic E-state index is -4.00. The summed E-state index contributed by atoms with van der Waals surface area (Å²) in [5.74, 6) is 1.06. The van der Waals surface area contributed by atoms with Gasteiger partial charge in [0.05, 0.1) is 7.11 Å². The molecule has 0 radical (unpaired) electrons. The van der Waals surface area contributed by atoms with Gasteiger partial charge in [0.1, 0.15) is 5.75 Å². The van der Waals surface area contributed by atoms with E-state index in [4.69, 9.17) is 4.74 Å². The van der Waals surface area contributed by atoms with E-state index >= 15 is 0 Å². The number of methoxy groups -OCH3 is 1. The van der Waals surface area contributed by atoms with Gasteiger partial charge in [0, 0.05) is 49.8 Å². The number of carbonyl (C=O) groups is 1. The number of amides is 1. The second-order valence-electron chi connectivity index (χ2n) is 8.91. The van der Waals surface area contributed by atoms with Crippen LogP contribution in [0.25, 0.3) is 0 Å². The van der Waals surface area contributed by atoms with Gasteiger partial charge in [0.2, 0.25) is 5.91 Å². The molecule has 0 spiro atoms. The van der Waals surface area contributed by atoms with Crippen molar-refractivity contribution in [1.82, 2.24) is 16.0 Å². The third-order valence-electron chi connectivity index (χ3n) is 5.15. The van der Waals surface area contributed by atoms with Crippen LogP contribution in [-0.4, -0.2) is 38.3 Å². The first-order valence-corrected chi connectivity index (χ1v) is 14.1. The van der Waals surface area contributed by atoms with Crippen LogP contribution in [-0.2, 0) is 11.3 Å². The third-order valence-corrected chi connectivity index (χ3v) is 5.15. The lowest BCUT2D eigenvalue weighted by molar-refractivity contribution is -0.124. The molecule has 1 aliphatic heterocycles. The number of hydrogen-bond donors (Lipinski definition) is 3. The highest BCUT2D eigenvalue weighted by Crippen LogP contribution is 2.18. The molecule has 2 rings (SSSR count). The van der Waals surface area contributed by atoms with Crippen LogP contribution in [0.2, 0.25) is 0 Å². The second-order valence-corrected chi connectivity index (χ2v) is 8.91. The van der Waals surface area contributed by atoms with Crippen LogP contribution < -0.4 is 20.7 Å². The van der Waals surface area contributed by atoms with Crippen molar-refractivity contribution >= 4 is 5.91 Å². The molecule has 0 unspecified atom stereocenters. The average molecular weight is 560 g/mol. The Kier molecular flexibility index (Phi) is 27.1. The van der Waals surface area contributed by atoms with E-state index in [0.29, 0.717) is 12.6 Å². The Morgan fingerprint density at radius 3 is 2.05 bits per heavy atom. The Labute approximate surface area is 237 Å². The minimum Gasteiger partial charge on any atom is -0.496 e. The highest BCUT2D eigenvalue weighted by atomic mass is 19.4. The zero-order valence-electron chi connectivity index (χ0n) is 26.3. The summed E-state index contributed by atoms with van der Waals surface area (Å²) in [6, 6.07) is 8.34. The van der Waals surface area contributed by atoms with Gasteiger partial charge in [-0.2, -0.15) is 13.2 Å². The lowest BCUT2D eigenvalue weighted by Gasteiger charge is -2.21. The van der Waals surface area contributed by atoms with Crippen molar-refractivity contribution in [2.45, 2.75) is 107 Å². The molecule has 228 valence electrons. The van der Waals surface area contributed by atoms with E-state index in [9.17, 15) is 18.0 Å². The zero-order valence-corrected chi connectivity index (χ0v) is 26.3. The summed E-state index contributed by atoms with van der Waals surface area (Å²) in [6.45, 7) is 21.1. The maximum absolute atomic E-state index is 11.8. The Hall–Kier alpha value is -2.48. The number of para-hydroxylation sites is 1. The molecule has 5 nitrogen and oxygen atoms in total. The quantitative estimate of drug-likeness (QED) is 0.286. The molecule has 0 bridgehead atoms. The topological polar surface area (TPSA) is 62.4 Å². The standard InChI is InChI=1S/C17H28N2O2.C7H11N.C3H8.C2H3F3.C2H6/c1-5-15(11-13(3)17(20)18-6-2)19-12-14-9-7-8-10-16(14)21-4;1-6-4-3-5-8-7(6)2;1-3-2;1-2(3,4)5;1-2/h7-10,13,15,19H,5-6,11-12H2,1-4H3,(H,18,20);3-4,8H,5H2,1-2H3;3H2,1-2H3;1H3;1-2H3/t13-,15+;;;;/m0..../s1. The van der Waals surface area contributed by atoms with E-state index in [2.05, 4.69) is 68.8 Å². The number of rotatable bonds is 9. The van der Waals surface area contributed by atoms with Crippen molar-refractivity contribution < 1.29 is 22.7 Å². The monoisotopic (exact) mass is 559 g/mol. The van der Waals surface area contributed by atoms with Gasteiger partial charge in [0.25, 0.3) is 0 Å². The van der Waals surface area contributed by atoms with Crippen molar-refractivity contribution in [2.75, 3.05) is 20.2 Å². The van der Waals surface area contributed by atoms with E-state index in [0.717, 1.165) is 37.2 Å². The van der Waals surface area contributed by atoms with Gasteiger partial charge in [0.15, 0.2) is 0 Å². The summed E-state index contributed by atoms with van der Waals surface area (Å²) in [4.78, 5) is 11.8. The molecule has 0 saturated carbocycles. The fraction of sp³-hybridized carbons (Fsp3) is 0.645. The molecule has 39 heavy (non-hydrogen) atoms. The normalized spacial score (nSPS) is 13.3. The number of alkyl halides is 3. The Bertz CT molecular complexity index is 788. The van der Waals surface area contributed by atoms with Gasteiger partial charge in [-0.3, -0.25) is 4.79 Å². The van der Waals surface area contributed by atoms with E-state index in [1.807, 2.05) is 45.9 Å². The maximum atomic E-state index is 11.8. The lowest BCUT2D eigenvalue weighted by Crippen LogP contribution is -2.35. The molecule has 1 heterocycles. The van der Waals surface area contributed by atoms with Gasteiger partial charge < -0.3 is 20.7 Å². The number of allylic oxidation sites excluding steroid dienone is 3. The predicted octanol–water partition coefficient (Wildman–Crippen LogP) is 8.18.